The molecular weight excluding hydrogens is 237 g/mol. The number of rotatable bonds is 3. The molecule has 0 radical (unpaired) electrons. The molecule has 2 heteroatoms. The number of hydrogen-bond acceptors (Lipinski definition) is 1. The number of halogens is 1. The van der Waals surface area contributed by atoms with Crippen LogP contribution in [0.25, 0.3) is 0 Å². The highest BCUT2D eigenvalue weighted by Crippen LogP contribution is 2.53. The third-order valence-corrected chi connectivity index (χ3v) is 4.13. The summed E-state index contributed by atoms with van der Waals surface area (Å²) in [5.41, 5.74) is 9.70. The summed E-state index contributed by atoms with van der Waals surface area (Å²) in [5, 5.41) is 0. The summed E-state index contributed by atoms with van der Waals surface area (Å²) in [6.07, 6.45) is 1.10. The van der Waals surface area contributed by atoms with E-state index in [-0.39, 0.29) is 11.9 Å². The molecular formula is C17H18FN. The second-order valence-corrected chi connectivity index (χ2v) is 5.44. The topological polar surface area (TPSA) is 26.0 Å². The maximum Gasteiger partial charge on any atom is 0.123 e. The first-order valence-electron chi connectivity index (χ1n) is 6.73. The van der Waals surface area contributed by atoms with Crippen molar-refractivity contribution < 1.29 is 4.39 Å². The Balaban J connectivity index is 1.80. The molecule has 3 unspecified atom stereocenters. The van der Waals surface area contributed by atoms with Gasteiger partial charge in [0.05, 0.1) is 0 Å². The van der Waals surface area contributed by atoms with Gasteiger partial charge in [0.1, 0.15) is 5.82 Å². The second-order valence-electron chi connectivity index (χ2n) is 5.44. The van der Waals surface area contributed by atoms with Gasteiger partial charge in [-0.25, -0.2) is 4.39 Å². The molecule has 98 valence electrons. The van der Waals surface area contributed by atoms with Crippen LogP contribution in [0.15, 0.2) is 48.5 Å². The summed E-state index contributed by atoms with van der Waals surface area (Å²) in [5.74, 6) is 0.759. The summed E-state index contributed by atoms with van der Waals surface area (Å²) in [6.45, 7) is 1.99. The lowest BCUT2D eigenvalue weighted by atomic mass is 9.96. The standard InChI is InChI=1S/C17H18FN/c1-11-7-8-13(18)9-14(11)17(19)16-10-15(16)12-5-3-2-4-6-12/h2-9,15-17H,10,19H2,1H3. The van der Waals surface area contributed by atoms with Crippen LogP contribution < -0.4 is 5.73 Å². The van der Waals surface area contributed by atoms with Gasteiger partial charge in [0.25, 0.3) is 0 Å². The first-order valence-corrected chi connectivity index (χ1v) is 6.73. The van der Waals surface area contributed by atoms with E-state index in [9.17, 15) is 4.39 Å². The fraction of sp³-hybridized carbons (Fsp3) is 0.294. The van der Waals surface area contributed by atoms with Crippen LogP contribution in [0, 0.1) is 18.7 Å². The Labute approximate surface area is 113 Å². The van der Waals surface area contributed by atoms with Crippen molar-refractivity contribution in [3.63, 3.8) is 0 Å². The molecule has 0 spiro atoms. The van der Waals surface area contributed by atoms with Gasteiger partial charge in [-0.1, -0.05) is 36.4 Å². The predicted octanol–water partition coefficient (Wildman–Crippen LogP) is 3.94. The van der Waals surface area contributed by atoms with Gasteiger partial charge in [-0.2, -0.15) is 0 Å². The van der Waals surface area contributed by atoms with Crippen molar-refractivity contribution in [3.8, 4) is 0 Å². The van der Waals surface area contributed by atoms with Gasteiger partial charge in [-0.3, -0.25) is 0 Å². The Morgan fingerprint density at radius 2 is 1.89 bits per heavy atom. The lowest BCUT2D eigenvalue weighted by Crippen LogP contribution is -2.15. The van der Waals surface area contributed by atoms with Gasteiger partial charge in [0.15, 0.2) is 0 Å². The molecule has 2 aromatic carbocycles. The molecule has 0 bridgehead atoms. The molecule has 1 nitrogen and oxygen atoms in total. The fourth-order valence-corrected chi connectivity index (χ4v) is 2.90. The SMILES string of the molecule is Cc1ccc(F)cc1C(N)C1CC1c1ccccc1. The molecule has 1 fully saturated rings. The highest BCUT2D eigenvalue weighted by Gasteiger charge is 2.43. The molecule has 0 aliphatic heterocycles. The van der Waals surface area contributed by atoms with Crippen molar-refractivity contribution in [3.05, 3.63) is 71.0 Å². The zero-order valence-corrected chi connectivity index (χ0v) is 11.0. The lowest BCUT2D eigenvalue weighted by Gasteiger charge is -2.15. The van der Waals surface area contributed by atoms with E-state index in [2.05, 4.69) is 24.3 Å². The summed E-state index contributed by atoms with van der Waals surface area (Å²) >= 11 is 0. The quantitative estimate of drug-likeness (QED) is 0.883. The Kier molecular flexibility index (Phi) is 3.11. The van der Waals surface area contributed by atoms with E-state index >= 15 is 0 Å². The van der Waals surface area contributed by atoms with Crippen LogP contribution in [0.1, 0.15) is 35.1 Å². The fourth-order valence-electron chi connectivity index (χ4n) is 2.90. The van der Waals surface area contributed by atoms with Gasteiger partial charge in [-0.05, 0) is 54.0 Å². The minimum Gasteiger partial charge on any atom is -0.324 e. The molecule has 0 heterocycles. The van der Waals surface area contributed by atoms with Gasteiger partial charge in [-0.15, -0.1) is 0 Å². The minimum atomic E-state index is -0.201. The minimum absolute atomic E-state index is 0.0686. The summed E-state index contributed by atoms with van der Waals surface area (Å²) in [6, 6.07) is 15.3. The van der Waals surface area contributed by atoms with Crippen LogP contribution in [0.4, 0.5) is 4.39 Å². The largest absolute Gasteiger partial charge is 0.324 e. The van der Waals surface area contributed by atoms with E-state index in [1.807, 2.05) is 19.1 Å². The molecule has 2 N–H and O–H groups in total. The number of aryl methyl sites for hydroxylation is 1. The molecule has 3 atom stereocenters. The predicted molar refractivity (Wildman–Crippen MR) is 75.4 cm³/mol. The van der Waals surface area contributed by atoms with Crippen molar-refractivity contribution in [2.24, 2.45) is 11.7 Å². The summed E-state index contributed by atoms with van der Waals surface area (Å²) in [7, 11) is 0. The Hall–Kier alpha value is -1.67. The molecule has 1 aliphatic carbocycles. The van der Waals surface area contributed by atoms with E-state index in [0.717, 1.165) is 17.5 Å². The van der Waals surface area contributed by atoms with Crippen molar-refractivity contribution in [1.29, 1.82) is 0 Å². The zero-order valence-electron chi connectivity index (χ0n) is 11.0. The van der Waals surface area contributed by atoms with Crippen molar-refractivity contribution in [2.75, 3.05) is 0 Å². The van der Waals surface area contributed by atoms with Crippen molar-refractivity contribution >= 4 is 0 Å². The van der Waals surface area contributed by atoms with Crippen LogP contribution in [0.5, 0.6) is 0 Å². The van der Waals surface area contributed by atoms with Crippen LogP contribution in [0.2, 0.25) is 0 Å². The summed E-state index contributed by atoms with van der Waals surface area (Å²) in [4.78, 5) is 0. The van der Waals surface area contributed by atoms with Crippen LogP contribution in [-0.2, 0) is 0 Å². The van der Waals surface area contributed by atoms with E-state index in [4.69, 9.17) is 5.73 Å². The molecule has 0 aromatic heterocycles. The van der Waals surface area contributed by atoms with E-state index in [0.29, 0.717) is 11.8 Å². The molecule has 2 aromatic rings. The average molecular weight is 255 g/mol. The zero-order chi connectivity index (χ0) is 13.4. The van der Waals surface area contributed by atoms with Crippen LogP contribution in [-0.4, -0.2) is 0 Å². The molecule has 3 rings (SSSR count). The maximum atomic E-state index is 13.4. The molecule has 0 saturated heterocycles. The van der Waals surface area contributed by atoms with Gasteiger partial charge >= 0.3 is 0 Å². The van der Waals surface area contributed by atoms with E-state index in [1.165, 1.54) is 11.6 Å². The first kappa shape index (κ1) is 12.4. The smallest absolute Gasteiger partial charge is 0.123 e. The van der Waals surface area contributed by atoms with Crippen LogP contribution in [0.3, 0.4) is 0 Å². The average Bonchev–Trinajstić information content (AvgIpc) is 3.22. The number of hydrogen-bond donors (Lipinski definition) is 1. The van der Waals surface area contributed by atoms with Gasteiger partial charge in [0, 0.05) is 6.04 Å². The first-order chi connectivity index (χ1) is 9.16. The van der Waals surface area contributed by atoms with Crippen LogP contribution >= 0.6 is 0 Å². The maximum absolute atomic E-state index is 13.4. The third-order valence-electron chi connectivity index (χ3n) is 4.13. The molecule has 1 saturated carbocycles. The highest BCUT2D eigenvalue weighted by atomic mass is 19.1. The van der Waals surface area contributed by atoms with Gasteiger partial charge < -0.3 is 5.73 Å². The Bertz CT molecular complexity index is 579. The number of benzene rings is 2. The number of nitrogens with two attached hydrogens (primary N) is 1. The Morgan fingerprint density at radius 1 is 1.16 bits per heavy atom. The second kappa shape index (κ2) is 4.78. The monoisotopic (exact) mass is 255 g/mol. The molecule has 1 aliphatic rings. The molecule has 19 heavy (non-hydrogen) atoms. The van der Waals surface area contributed by atoms with Gasteiger partial charge in [0.2, 0.25) is 0 Å². The molecule has 0 amide bonds. The van der Waals surface area contributed by atoms with E-state index < -0.39 is 0 Å². The van der Waals surface area contributed by atoms with E-state index in [1.54, 1.807) is 6.07 Å². The third kappa shape index (κ3) is 2.41. The highest BCUT2D eigenvalue weighted by molar-refractivity contribution is 5.34. The lowest BCUT2D eigenvalue weighted by molar-refractivity contribution is 0.590. The summed E-state index contributed by atoms with van der Waals surface area (Å²) < 4.78 is 13.4. The van der Waals surface area contributed by atoms with Crippen molar-refractivity contribution in [1.82, 2.24) is 0 Å². The normalized spacial score (nSPS) is 23.1. The van der Waals surface area contributed by atoms with Crippen molar-refractivity contribution in [2.45, 2.75) is 25.3 Å². The Morgan fingerprint density at radius 3 is 2.63 bits per heavy atom.